The molecule has 0 aromatic rings. The average molecular weight is 516 g/mol. The van der Waals surface area contributed by atoms with Gasteiger partial charge in [-0.1, -0.05) is 109 Å². The molecule has 0 aromatic carbocycles. The minimum absolute atomic E-state index is 0.0307. The van der Waals surface area contributed by atoms with Crippen molar-refractivity contribution in [3.8, 4) is 0 Å². The third-order valence-corrected chi connectivity index (χ3v) is 5.62. The summed E-state index contributed by atoms with van der Waals surface area (Å²) >= 11 is 0. The maximum atomic E-state index is 10.2. The first kappa shape index (κ1) is 36.1. The van der Waals surface area contributed by atoms with Crippen molar-refractivity contribution in [2.45, 2.75) is 117 Å². The van der Waals surface area contributed by atoms with Crippen molar-refractivity contribution >= 4 is 7.82 Å². The van der Waals surface area contributed by atoms with Crippen molar-refractivity contribution in [2.24, 2.45) is 0 Å². The maximum Gasteiger partial charge on any atom is 0.469 e. The van der Waals surface area contributed by atoms with Gasteiger partial charge in [0, 0.05) is 0 Å². The van der Waals surface area contributed by atoms with Crippen LogP contribution in [0.5, 0.6) is 0 Å². The molecule has 0 aliphatic rings. The lowest BCUT2D eigenvalue weighted by Crippen LogP contribution is -2.28. The first-order chi connectivity index (χ1) is 16.4. The van der Waals surface area contributed by atoms with Gasteiger partial charge in [-0.25, -0.2) is 4.57 Å². The number of hydrogen-bond donors (Lipinski definition) is 4. The minimum atomic E-state index is -4.23. The summed E-state index contributed by atoms with van der Waals surface area (Å²) < 4.78 is 14.5. The van der Waals surface area contributed by atoms with Gasteiger partial charge >= 0.3 is 7.82 Å². The molecule has 0 amide bonds. The van der Waals surface area contributed by atoms with Crippen molar-refractivity contribution in [2.75, 3.05) is 39.6 Å². The summed E-state index contributed by atoms with van der Waals surface area (Å²) in [6.45, 7) is 5.63. The first-order valence-corrected chi connectivity index (χ1v) is 14.9. The molecule has 0 saturated heterocycles. The molecule has 10 heteroatoms. The third-order valence-electron chi connectivity index (χ3n) is 5.10. The normalized spacial score (nSPS) is 11.6. The standard InChI is InChI=1S/C16H35NO4.C8H19O4P/c1-2-3-4-5-6-7-8-9-10-11-12-17(20-15-13-18)21-16-14-19;1-2-3-4-5-6-7-8-12-13(9,10)11/h18-19H,2-16H2,1H3;2-8H2,1H3,(H2,9,10,11). The molecule has 0 atom stereocenters. The highest BCUT2D eigenvalue weighted by molar-refractivity contribution is 7.46. The number of rotatable bonds is 25. The van der Waals surface area contributed by atoms with Crippen molar-refractivity contribution in [3.05, 3.63) is 0 Å². The average Bonchev–Trinajstić information content (AvgIpc) is 2.80. The number of unbranched alkanes of at least 4 members (excludes halogenated alkanes) is 14. The number of aliphatic hydroxyl groups is 2. The molecule has 0 bridgehead atoms. The SMILES string of the molecule is CCCCCCCCCCCCN(OCCO)OCCO.CCCCCCCCOP(=O)(O)O. The minimum Gasteiger partial charge on any atom is -0.394 e. The van der Waals surface area contributed by atoms with Crippen LogP contribution in [-0.4, -0.2) is 64.8 Å². The van der Waals surface area contributed by atoms with Crippen LogP contribution >= 0.6 is 7.82 Å². The number of hydrogen-bond acceptors (Lipinski definition) is 7. The summed E-state index contributed by atoms with van der Waals surface area (Å²) in [6.07, 6.45) is 19.4. The topological polar surface area (TPSA) is 129 Å². The van der Waals surface area contributed by atoms with Crippen LogP contribution in [0, 0.1) is 0 Å². The second-order valence-electron chi connectivity index (χ2n) is 8.44. The van der Waals surface area contributed by atoms with Gasteiger partial charge < -0.3 is 20.0 Å². The molecule has 0 radical (unpaired) electrons. The van der Waals surface area contributed by atoms with E-state index in [1.807, 2.05) is 0 Å². The lowest BCUT2D eigenvalue weighted by atomic mass is 10.1. The summed E-state index contributed by atoms with van der Waals surface area (Å²) in [6, 6.07) is 0. The molecule has 0 spiro atoms. The van der Waals surface area contributed by atoms with Gasteiger partial charge in [0.2, 0.25) is 0 Å². The molecule has 0 heterocycles. The second kappa shape index (κ2) is 29.1. The van der Waals surface area contributed by atoms with E-state index in [2.05, 4.69) is 18.4 Å². The van der Waals surface area contributed by atoms with Crippen LogP contribution in [0.1, 0.15) is 117 Å². The van der Waals surface area contributed by atoms with E-state index in [1.54, 1.807) is 0 Å². The summed E-state index contributed by atoms with van der Waals surface area (Å²) in [5.41, 5.74) is 0. The highest BCUT2D eigenvalue weighted by Crippen LogP contribution is 2.35. The molecule has 0 unspecified atom stereocenters. The summed E-state index contributed by atoms with van der Waals surface area (Å²) in [4.78, 5) is 27.1. The van der Waals surface area contributed by atoms with Crippen LogP contribution in [0.3, 0.4) is 0 Å². The van der Waals surface area contributed by atoms with Crippen molar-refractivity contribution in [1.29, 1.82) is 0 Å². The van der Waals surface area contributed by atoms with E-state index in [0.717, 1.165) is 32.1 Å². The molecule has 208 valence electrons. The zero-order valence-electron chi connectivity index (χ0n) is 21.9. The van der Waals surface area contributed by atoms with Gasteiger partial charge in [0.25, 0.3) is 0 Å². The lowest BCUT2D eigenvalue weighted by molar-refractivity contribution is -0.371. The molecule has 0 aromatic heterocycles. The van der Waals surface area contributed by atoms with E-state index in [9.17, 15) is 4.57 Å². The van der Waals surface area contributed by atoms with E-state index in [4.69, 9.17) is 29.7 Å². The van der Waals surface area contributed by atoms with Crippen molar-refractivity contribution in [3.63, 3.8) is 0 Å². The molecular formula is C24H54NO8P. The predicted molar refractivity (Wildman–Crippen MR) is 136 cm³/mol. The highest BCUT2D eigenvalue weighted by Gasteiger charge is 2.12. The largest absolute Gasteiger partial charge is 0.469 e. The molecule has 0 fully saturated rings. The zero-order chi connectivity index (χ0) is 25.8. The van der Waals surface area contributed by atoms with Gasteiger partial charge in [0.05, 0.1) is 39.6 Å². The van der Waals surface area contributed by atoms with Gasteiger partial charge in [-0.05, 0) is 12.8 Å². The number of aliphatic hydroxyl groups excluding tert-OH is 2. The monoisotopic (exact) mass is 515 g/mol. The van der Waals surface area contributed by atoms with Gasteiger partial charge in [0.1, 0.15) is 0 Å². The predicted octanol–water partition coefficient (Wildman–Crippen LogP) is 5.51. The Morgan fingerprint density at radius 1 is 0.588 bits per heavy atom. The fraction of sp³-hybridized carbons (Fsp3) is 1.00. The molecule has 4 N–H and O–H groups in total. The summed E-state index contributed by atoms with van der Waals surface area (Å²) in [7, 11) is -4.23. The van der Waals surface area contributed by atoms with Gasteiger partial charge in [-0.3, -0.25) is 14.2 Å². The smallest absolute Gasteiger partial charge is 0.394 e. The van der Waals surface area contributed by atoms with Crippen molar-refractivity contribution < 1.29 is 38.8 Å². The first-order valence-electron chi connectivity index (χ1n) is 13.4. The lowest BCUT2D eigenvalue weighted by Gasteiger charge is -2.20. The van der Waals surface area contributed by atoms with Crippen LogP contribution < -0.4 is 0 Å². The molecule has 9 nitrogen and oxygen atoms in total. The van der Waals surface area contributed by atoms with Crippen LogP contribution in [0.25, 0.3) is 0 Å². The van der Waals surface area contributed by atoms with Gasteiger partial charge in [-0.2, -0.15) is 0 Å². The summed E-state index contributed by atoms with van der Waals surface area (Å²) in [5, 5.41) is 18.8. The highest BCUT2D eigenvalue weighted by atomic mass is 31.2. The van der Waals surface area contributed by atoms with E-state index in [-0.39, 0.29) is 33.0 Å². The molecule has 0 aliphatic heterocycles. The quantitative estimate of drug-likeness (QED) is 0.0706. The van der Waals surface area contributed by atoms with Crippen LogP contribution in [-0.2, 0) is 18.8 Å². The van der Waals surface area contributed by atoms with E-state index >= 15 is 0 Å². The third kappa shape index (κ3) is 34.1. The Balaban J connectivity index is 0. The van der Waals surface area contributed by atoms with Crippen molar-refractivity contribution in [1.82, 2.24) is 5.23 Å². The second-order valence-corrected chi connectivity index (χ2v) is 9.68. The maximum absolute atomic E-state index is 10.2. The zero-order valence-corrected chi connectivity index (χ0v) is 22.8. The van der Waals surface area contributed by atoms with E-state index < -0.39 is 7.82 Å². The number of phosphoric acid groups is 1. The molecule has 0 aliphatic carbocycles. The number of nitrogens with zero attached hydrogens (tertiary/aromatic N) is 1. The Morgan fingerprint density at radius 3 is 1.35 bits per heavy atom. The van der Waals surface area contributed by atoms with E-state index in [0.29, 0.717) is 6.54 Å². The fourth-order valence-electron chi connectivity index (χ4n) is 3.25. The fourth-order valence-corrected chi connectivity index (χ4v) is 3.61. The molecule has 34 heavy (non-hydrogen) atoms. The summed E-state index contributed by atoms with van der Waals surface area (Å²) in [5.74, 6) is 0. The van der Waals surface area contributed by atoms with Gasteiger partial charge in [-0.15, -0.1) is 0 Å². The number of phosphoric ester groups is 1. The Kier molecular flexibility index (Phi) is 30.9. The van der Waals surface area contributed by atoms with Crippen LogP contribution in [0.15, 0.2) is 0 Å². The number of hydroxylamine groups is 2. The Bertz CT molecular complexity index is 418. The Labute approximate surface area is 208 Å². The van der Waals surface area contributed by atoms with Gasteiger partial charge in [0.15, 0.2) is 0 Å². The van der Waals surface area contributed by atoms with Crippen LogP contribution in [0.4, 0.5) is 0 Å². The molecule has 0 saturated carbocycles. The molecule has 0 rings (SSSR count). The Morgan fingerprint density at radius 2 is 0.971 bits per heavy atom. The Hall–Kier alpha value is -0.0900. The molecular weight excluding hydrogens is 461 g/mol. The van der Waals surface area contributed by atoms with Crippen LogP contribution in [0.2, 0.25) is 0 Å². The van der Waals surface area contributed by atoms with E-state index in [1.165, 1.54) is 75.9 Å².